The summed E-state index contributed by atoms with van der Waals surface area (Å²) in [6.45, 7) is 8.33. The lowest BCUT2D eigenvalue weighted by Gasteiger charge is -2.31. The van der Waals surface area contributed by atoms with Gasteiger partial charge < -0.3 is 9.84 Å². The molecule has 1 aromatic heterocycles. The van der Waals surface area contributed by atoms with Crippen LogP contribution in [0.15, 0.2) is 27.6 Å². The third-order valence-corrected chi connectivity index (χ3v) is 7.70. The number of hydrogen-bond donors (Lipinski definition) is 1. The molecule has 3 rings (SSSR count). The van der Waals surface area contributed by atoms with Crippen molar-refractivity contribution in [3.05, 3.63) is 29.7 Å². The number of carbonyl (C=O) groups excluding carboxylic acids is 1. The molecule has 1 aromatic carbocycles. The van der Waals surface area contributed by atoms with Gasteiger partial charge in [0.25, 0.3) is 0 Å². The van der Waals surface area contributed by atoms with Crippen molar-refractivity contribution < 1.29 is 17.7 Å². The van der Waals surface area contributed by atoms with Crippen LogP contribution in [0.4, 0.5) is 0 Å². The van der Waals surface area contributed by atoms with Crippen LogP contribution in [0.25, 0.3) is 11.4 Å². The first kappa shape index (κ1) is 22.4. The fourth-order valence-electron chi connectivity index (χ4n) is 3.49. The van der Waals surface area contributed by atoms with Crippen molar-refractivity contribution in [2.75, 3.05) is 13.1 Å². The first-order valence-electron chi connectivity index (χ1n) is 10.5. The average Bonchev–Trinajstić information content (AvgIpc) is 3.23. The van der Waals surface area contributed by atoms with Gasteiger partial charge in [0, 0.05) is 37.0 Å². The van der Waals surface area contributed by atoms with Gasteiger partial charge in [0.2, 0.25) is 27.6 Å². The van der Waals surface area contributed by atoms with Crippen LogP contribution >= 0.6 is 0 Å². The minimum atomic E-state index is -3.68. The molecule has 8 nitrogen and oxygen atoms in total. The average molecular weight is 435 g/mol. The van der Waals surface area contributed by atoms with E-state index in [0.717, 1.165) is 6.42 Å². The number of piperidine rings is 1. The van der Waals surface area contributed by atoms with Crippen molar-refractivity contribution in [1.82, 2.24) is 19.8 Å². The van der Waals surface area contributed by atoms with Gasteiger partial charge in [-0.05, 0) is 44.7 Å². The molecular weight excluding hydrogens is 404 g/mol. The van der Waals surface area contributed by atoms with Gasteiger partial charge in [0.15, 0.2) is 0 Å². The largest absolute Gasteiger partial charge is 0.353 e. The van der Waals surface area contributed by atoms with E-state index >= 15 is 0 Å². The summed E-state index contributed by atoms with van der Waals surface area (Å²) in [5, 5.41) is 6.94. The third kappa shape index (κ3) is 4.73. The Morgan fingerprint density at radius 2 is 2.00 bits per heavy atom. The van der Waals surface area contributed by atoms with E-state index in [1.54, 1.807) is 25.1 Å². The number of nitrogens with zero attached hydrogens (tertiary/aromatic N) is 3. The highest BCUT2D eigenvalue weighted by Crippen LogP contribution is 2.29. The van der Waals surface area contributed by atoms with E-state index in [0.29, 0.717) is 55.2 Å². The Kier molecular flexibility index (Phi) is 6.92. The van der Waals surface area contributed by atoms with Gasteiger partial charge in [-0.25, -0.2) is 8.42 Å². The van der Waals surface area contributed by atoms with Gasteiger partial charge in [-0.15, -0.1) is 0 Å². The van der Waals surface area contributed by atoms with Gasteiger partial charge in [0.1, 0.15) is 0 Å². The number of sulfonamides is 1. The number of carbonyl (C=O) groups is 1. The van der Waals surface area contributed by atoms with Crippen LogP contribution < -0.4 is 5.32 Å². The third-order valence-electron chi connectivity index (χ3n) is 5.66. The molecule has 0 unspecified atom stereocenters. The first-order chi connectivity index (χ1) is 14.3. The molecule has 9 heteroatoms. The second kappa shape index (κ2) is 9.26. The van der Waals surface area contributed by atoms with Gasteiger partial charge >= 0.3 is 0 Å². The number of amides is 1. The Labute approximate surface area is 178 Å². The van der Waals surface area contributed by atoms with E-state index in [-0.39, 0.29) is 22.8 Å². The molecule has 1 atom stereocenters. The Morgan fingerprint density at radius 3 is 2.60 bits per heavy atom. The zero-order valence-electron chi connectivity index (χ0n) is 18.0. The van der Waals surface area contributed by atoms with Crippen molar-refractivity contribution in [2.24, 2.45) is 5.92 Å². The number of hydrogen-bond acceptors (Lipinski definition) is 6. The zero-order valence-corrected chi connectivity index (χ0v) is 18.8. The van der Waals surface area contributed by atoms with Crippen LogP contribution in [0.2, 0.25) is 0 Å². The maximum absolute atomic E-state index is 13.3. The van der Waals surface area contributed by atoms with E-state index in [1.807, 2.05) is 20.8 Å². The predicted octanol–water partition coefficient (Wildman–Crippen LogP) is 2.92. The summed E-state index contributed by atoms with van der Waals surface area (Å²) in [5.41, 5.74) is 1.26. The molecule has 0 aliphatic carbocycles. The normalized spacial score (nSPS) is 17.1. The van der Waals surface area contributed by atoms with Crippen LogP contribution in [0, 0.1) is 12.8 Å². The standard InChI is InChI=1S/C21H30N4O4S/c1-5-15(4)22-21(26)16-9-11-25(12-10-16)30(27,28)18-13-17(8-7-14(18)3)20-23-19(6-2)29-24-20/h7-8,13,15-16H,5-6,9-12H2,1-4H3,(H,22,26)/t15-/m1/s1. The van der Waals surface area contributed by atoms with Gasteiger partial charge in [-0.1, -0.05) is 31.1 Å². The van der Waals surface area contributed by atoms with Gasteiger partial charge in [0.05, 0.1) is 4.90 Å². The molecule has 1 aliphatic rings. The van der Waals surface area contributed by atoms with Crippen LogP contribution in [0.1, 0.15) is 51.5 Å². The molecule has 164 valence electrons. The summed E-state index contributed by atoms with van der Waals surface area (Å²) in [7, 11) is -3.68. The number of rotatable bonds is 7. The number of benzene rings is 1. The first-order valence-corrected chi connectivity index (χ1v) is 11.9. The number of aryl methyl sites for hydroxylation is 2. The van der Waals surface area contributed by atoms with E-state index < -0.39 is 10.0 Å². The summed E-state index contributed by atoms with van der Waals surface area (Å²) >= 11 is 0. The molecule has 0 bridgehead atoms. The summed E-state index contributed by atoms with van der Waals surface area (Å²) in [6, 6.07) is 5.29. The topological polar surface area (TPSA) is 105 Å². The molecule has 1 fully saturated rings. The smallest absolute Gasteiger partial charge is 0.243 e. The second-order valence-corrected chi connectivity index (χ2v) is 9.75. The number of nitrogens with one attached hydrogen (secondary N) is 1. The molecule has 0 saturated carbocycles. The molecule has 2 aromatic rings. The van der Waals surface area contributed by atoms with Crippen molar-refractivity contribution in [3.63, 3.8) is 0 Å². The van der Waals surface area contributed by atoms with Gasteiger partial charge in [-0.3, -0.25) is 4.79 Å². The quantitative estimate of drug-likeness (QED) is 0.718. The van der Waals surface area contributed by atoms with Crippen LogP contribution in [-0.4, -0.2) is 47.9 Å². The highest BCUT2D eigenvalue weighted by atomic mass is 32.2. The summed E-state index contributed by atoms with van der Waals surface area (Å²) in [5.74, 6) is 0.754. The lowest BCUT2D eigenvalue weighted by atomic mass is 9.97. The van der Waals surface area contributed by atoms with Crippen LogP contribution in [0.3, 0.4) is 0 Å². The molecular formula is C21H30N4O4S. The zero-order chi connectivity index (χ0) is 21.9. The SMILES string of the molecule is CCc1nc(-c2ccc(C)c(S(=O)(=O)N3CCC(C(=O)N[C@H](C)CC)CC3)c2)no1. The highest BCUT2D eigenvalue weighted by molar-refractivity contribution is 7.89. The molecule has 1 amide bonds. The van der Waals surface area contributed by atoms with Gasteiger partial charge in [-0.2, -0.15) is 9.29 Å². The Bertz CT molecular complexity index is 994. The summed E-state index contributed by atoms with van der Waals surface area (Å²) in [4.78, 5) is 16.9. The van der Waals surface area contributed by atoms with Crippen molar-refractivity contribution >= 4 is 15.9 Å². The molecule has 0 spiro atoms. The Morgan fingerprint density at radius 1 is 1.30 bits per heavy atom. The minimum Gasteiger partial charge on any atom is -0.353 e. The lowest BCUT2D eigenvalue weighted by Crippen LogP contribution is -2.44. The molecule has 30 heavy (non-hydrogen) atoms. The van der Waals surface area contributed by atoms with Crippen molar-refractivity contribution in [1.29, 1.82) is 0 Å². The maximum atomic E-state index is 13.3. The van der Waals surface area contributed by atoms with E-state index in [2.05, 4.69) is 15.5 Å². The maximum Gasteiger partial charge on any atom is 0.243 e. The Hall–Kier alpha value is -2.26. The van der Waals surface area contributed by atoms with Crippen molar-refractivity contribution in [2.45, 2.75) is 64.3 Å². The fourth-order valence-corrected chi connectivity index (χ4v) is 5.21. The monoisotopic (exact) mass is 434 g/mol. The lowest BCUT2D eigenvalue weighted by molar-refractivity contribution is -0.126. The molecule has 0 radical (unpaired) electrons. The Balaban J connectivity index is 1.76. The van der Waals surface area contributed by atoms with E-state index in [4.69, 9.17) is 4.52 Å². The summed E-state index contributed by atoms with van der Waals surface area (Å²) < 4.78 is 33.3. The minimum absolute atomic E-state index is 0.0170. The van der Waals surface area contributed by atoms with Crippen LogP contribution in [-0.2, 0) is 21.2 Å². The molecule has 2 heterocycles. The number of aromatic nitrogens is 2. The highest BCUT2D eigenvalue weighted by Gasteiger charge is 2.33. The molecule has 1 saturated heterocycles. The van der Waals surface area contributed by atoms with Crippen LogP contribution in [0.5, 0.6) is 0 Å². The second-order valence-electron chi connectivity index (χ2n) is 7.84. The van der Waals surface area contributed by atoms with E-state index in [1.165, 1.54) is 4.31 Å². The predicted molar refractivity (Wildman–Crippen MR) is 113 cm³/mol. The molecule has 1 aliphatic heterocycles. The van der Waals surface area contributed by atoms with Crippen molar-refractivity contribution in [3.8, 4) is 11.4 Å². The fraction of sp³-hybridized carbons (Fsp3) is 0.571. The summed E-state index contributed by atoms with van der Waals surface area (Å²) in [6.07, 6.45) is 2.52. The van der Waals surface area contributed by atoms with E-state index in [9.17, 15) is 13.2 Å². The molecule has 1 N–H and O–H groups in total.